The number of methoxy groups -OCH3 is 1. The maximum absolute atomic E-state index is 12.5. The zero-order valence-corrected chi connectivity index (χ0v) is 20.5. The molecular formula is C23H24N6O2S2. The number of aryl methyl sites for hydroxylation is 2. The molecule has 0 atom stereocenters. The second-order valence-electron chi connectivity index (χ2n) is 7.47. The maximum atomic E-state index is 12.5. The number of amides is 1. The van der Waals surface area contributed by atoms with Crippen LogP contribution in [0.1, 0.15) is 29.3 Å². The zero-order valence-electron chi connectivity index (χ0n) is 18.8. The summed E-state index contributed by atoms with van der Waals surface area (Å²) < 4.78 is 6.97. The molecule has 10 heteroatoms. The molecule has 0 aliphatic carbocycles. The number of carbonyl (C=O) groups is 1. The molecular weight excluding hydrogens is 456 g/mol. The van der Waals surface area contributed by atoms with Crippen molar-refractivity contribution in [2.45, 2.75) is 38.2 Å². The number of nitrogens with zero attached hydrogens (tertiary/aromatic N) is 6. The first-order chi connectivity index (χ1) is 16.0. The van der Waals surface area contributed by atoms with Crippen LogP contribution in [0.2, 0.25) is 0 Å². The summed E-state index contributed by atoms with van der Waals surface area (Å²) >= 11 is 2.97. The van der Waals surface area contributed by atoms with Crippen molar-refractivity contribution in [2.75, 3.05) is 12.0 Å². The second kappa shape index (κ2) is 10.1. The lowest BCUT2D eigenvalue weighted by atomic mass is 10.1. The average Bonchev–Trinajstić information content (AvgIpc) is 3.44. The molecule has 0 saturated carbocycles. The number of benzene rings is 2. The average molecular weight is 481 g/mol. The third-order valence-electron chi connectivity index (χ3n) is 5.05. The van der Waals surface area contributed by atoms with Crippen molar-refractivity contribution in [1.82, 2.24) is 25.2 Å². The highest BCUT2D eigenvalue weighted by Crippen LogP contribution is 2.34. The van der Waals surface area contributed by atoms with Crippen LogP contribution < -0.4 is 9.64 Å². The molecule has 33 heavy (non-hydrogen) atoms. The van der Waals surface area contributed by atoms with E-state index in [2.05, 4.69) is 15.5 Å². The van der Waals surface area contributed by atoms with Crippen molar-refractivity contribution in [2.24, 2.45) is 0 Å². The highest BCUT2D eigenvalue weighted by atomic mass is 32.2. The fourth-order valence-corrected chi connectivity index (χ4v) is 5.20. The predicted octanol–water partition coefficient (Wildman–Crippen LogP) is 4.78. The summed E-state index contributed by atoms with van der Waals surface area (Å²) in [5.74, 6) is 1.34. The van der Waals surface area contributed by atoms with Gasteiger partial charge in [-0.2, -0.15) is 0 Å². The Kier molecular flexibility index (Phi) is 7.05. The fraction of sp³-hybridized carbons (Fsp3) is 0.261. The topological polar surface area (TPSA) is 86.0 Å². The van der Waals surface area contributed by atoms with Gasteiger partial charge in [-0.15, -0.1) is 16.4 Å². The molecule has 0 N–H and O–H groups in total. The Hall–Kier alpha value is -3.24. The van der Waals surface area contributed by atoms with Crippen molar-refractivity contribution >= 4 is 39.8 Å². The number of thiazole rings is 1. The lowest BCUT2D eigenvalue weighted by molar-refractivity contribution is -0.115. The SMILES string of the molecule is COc1ccc(Cn2nnnc2SCc2csc(N(C(C)=O)c3c(C)cccc3C)n2)cc1. The Morgan fingerprint density at radius 2 is 1.88 bits per heavy atom. The Balaban J connectivity index is 1.47. The minimum atomic E-state index is -0.0654. The van der Waals surface area contributed by atoms with E-state index in [1.54, 1.807) is 23.6 Å². The molecule has 2 aromatic carbocycles. The molecule has 0 aliphatic heterocycles. The Morgan fingerprint density at radius 1 is 1.15 bits per heavy atom. The largest absolute Gasteiger partial charge is 0.497 e. The summed E-state index contributed by atoms with van der Waals surface area (Å²) in [6.45, 7) is 6.14. The molecule has 0 radical (unpaired) electrons. The number of para-hydroxylation sites is 1. The number of hydrogen-bond acceptors (Lipinski definition) is 8. The van der Waals surface area contributed by atoms with E-state index in [0.717, 1.165) is 33.8 Å². The first kappa shape index (κ1) is 22.9. The monoisotopic (exact) mass is 480 g/mol. The van der Waals surface area contributed by atoms with Crippen LogP contribution in [0.15, 0.2) is 53.0 Å². The summed E-state index contributed by atoms with van der Waals surface area (Å²) in [5, 5.41) is 15.4. The third kappa shape index (κ3) is 5.23. The van der Waals surface area contributed by atoms with Crippen LogP contribution in [0.5, 0.6) is 5.75 Å². The van der Waals surface area contributed by atoms with Crippen LogP contribution in [0.25, 0.3) is 0 Å². The molecule has 0 unspecified atom stereocenters. The Labute approximate surface area is 200 Å². The summed E-state index contributed by atoms with van der Waals surface area (Å²) in [6, 6.07) is 13.8. The normalized spacial score (nSPS) is 10.9. The highest BCUT2D eigenvalue weighted by Gasteiger charge is 2.21. The number of anilines is 2. The van der Waals surface area contributed by atoms with E-state index in [1.807, 2.05) is 61.7 Å². The highest BCUT2D eigenvalue weighted by molar-refractivity contribution is 7.98. The van der Waals surface area contributed by atoms with Crippen LogP contribution in [-0.2, 0) is 17.1 Å². The zero-order chi connectivity index (χ0) is 23.4. The number of ether oxygens (including phenoxy) is 1. The van der Waals surface area contributed by atoms with E-state index in [0.29, 0.717) is 22.6 Å². The van der Waals surface area contributed by atoms with Crippen molar-refractivity contribution < 1.29 is 9.53 Å². The Bertz CT molecular complexity index is 1230. The summed E-state index contributed by atoms with van der Waals surface area (Å²) in [7, 11) is 1.65. The standard InChI is InChI=1S/C23H24N6O2S2/c1-15-6-5-7-16(2)21(15)29(17(3)30)22-24-19(13-32-22)14-33-23-25-26-27-28(23)12-18-8-10-20(31-4)11-9-18/h5-11,13H,12,14H2,1-4H3. The molecule has 0 fully saturated rings. The number of thioether (sulfide) groups is 1. The molecule has 0 saturated heterocycles. The van der Waals surface area contributed by atoms with E-state index in [1.165, 1.54) is 23.1 Å². The van der Waals surface area contributed by atoms with Gasteiger partial charge in [-0.05, 0) is 53.1 Å². The third-order valence-corrected chi connectivity index (χ3v) is 6.91. The van der Waals surface area contributed by atoms with Crippen molar-refractivity contribution in [3.63, 3.8) is 0 Å². The van der Waals surface area contributed by atoms with Gasteiger partial charge in [-0.1, -0.05) is 42.1 Å². The molecule has 2 aromatic heterocycles. The molecule has 4 rings (SSSR count). The molecule has 8 nitrogen and oxygen atoms in total. The van der Waals surface area contributed by atoms with E-state index in [4.69, 9.17) is 9.72 Å². The molecule has 0 spiro atoms. The molecule has 170 valence electrons. The summed E-state index contributed by atoms with van der Waals surface area (Å²) in [5.41, 5.74) is 4.91. The number of rotatable bonds is 8. The second-order valence-corrected chi connectivity index (χ2v) is 9.25. The minimum Gasteiger partial charge on any atom is -0.497 e. The van der Waals surface area contributed by atoms with Gasteiger partial charge in [0.25, 0.3) is 0 Å². The first-order valence-corrected chi connectivity index (χ1v) is 12.2. The minimum absolute atomic E-state index is 0.0654. The van der Waals surface area contributed by atoms with Crippen LogP contribution in [0, 0.1) is 13.8 Å². The van der Waals surface area contributed by atoms with E-state index in [9.17, 15) is 4.79 Å². The van der Waals surface area contributed by atoms with Crippen LogP contribution in [-0.4, -0.2) is 38.2 Å². The van der Waals surface area contributed by atoms with Gasteiger partial charge in [0.05, 0.1) is 25.0 Å². The predicted molar refractivity (Wildman–Crippen MR) is 130 cm³/mol. The smallest absolute Gasteiger partial charge is 0.230 e. The lowest BCUT2D eigenvalue weighted by Crippen LogP contribution is -2.24. The fourth-order valence-electron chi connectivity index (χ4n) is 3.45. The molecule has 0 bridgehead atoms. The van der Waals surface area contributed by atoms with Crippen molar-refractivity contribution in [3.8, 4) is 5.75 Å². The number of carbonyl (C=O) groups excluding carboxylic acids is 1. The van der Waals surface area contributed by atoms with Gasteiger partial charge >= 0.3 is 0 Å². The molecule has 2 heterocycles. The van der Waals surface area contributed by atoms with Gasteiger partial charge in [0, 0.05) is 18.1 Å². The van der Waals surface area contributed by atoms with Gasteiger partial charge in [-0.3, -0.25) is 9.69 Å². The van der Waals surface area contributed by atoms with Gasteiger partial charge in [0.1, 0.15) is 5.75 Å². The van der Waals surface area contributed by atoms with Gasteiger partial charge in [0.15, 0.2) is 5.13 Å². The van der Waals surface area contributed by atoms with Gasteiger partial charge < -0.3 is 4.74 Å². The number of aromatic nitrogens is 5. The number of tetrazole rings is 1. The molecule has 1 amide bonds. The van der Waals surface area contributed by atoms with Crippen molar-refractivity contribution in [3.05, 3.63) is 70.2 Å². The molecule has 4 aromatic rings. The lowest BCUT2D eigenvalue weighted by Gasteiger charge is -2.22. The summed E-state index contributed by atoms with van der Waals surface area (Å²) in [4.78, 5) is 18.9. The summed E-state index contributed by atoms with van der Waals surface area (Å²) in [6.07, 6.45) is 0. The van der Waals surface area contributed by atoms with Gasteiger partial charge in [0.2, 0.25) is 11.1 Å². The van der Waals surface area contributed by atoms with E-state index < -0.39 is 0 Å². The molecule has 0 aliphatic rings. The first-order valence-electron chi connectivity index (χ1n) is 10.3. The van der Waals surface area contributed by atoms with E-state index >= 15 is 0 Å². The van der Waals surface area contributed by atoms with Crippen LogP contribution in [0.4, 0.5) is 10.8 Å². The van der Waals surface area contributed by atoms with Crippen molar-refractivity contribution in [1.29, 1.82) is 0 Å². The van der Waals surface area contributed by atoms with Crippen LogP contribution >= 0.6 is 23.1 Å². The quantitative estimate of drug-likeness (QED) is 0.336. The van der Waals surface area contributed by atoms with Crippen LogP contribution in [0.3, 0.4) is 0 Å². The Morgan fingerprint density at radius 3 is 2.55 bits per heavy atom. The number of hydrogen-bond donors (Lipinski definition) is 0. The van der Waals surface area contributed by atoms with E-state index in [-0.39, 0.29) is 5.91 Å². The maximum Gasteiger partial charge on any atom is 0.230 e. The van der Waals surface area contributed by atoms with Gasteiger partial charge in [-0.25, -0.2) is 9.67 Å².